The summed E-state index contributed by atoms with van der Waals surface area (Å²) in [5.74, 6) is 0.368. The zero-order chi connectivity index (χ0) is 13.0. The number of anilines is 1. The highest BCUT2D eigenvalue weighted by Crippen LogP contribution is 2.24. The maximum absolute atomic E-state index is 12.1. The van der Waals surface area contributed by atoms with Crippen LogP contribution in [-0.2, 0) is 4.74 Å². The van der Waals surface area contributed by atoms with Gasteiger partial charge in [0.05, 0.1) is 18.4 Å². The van der Waals surface area contributed by atoms with Gasteiger partial charge in [0.25, 0.3) is 5.91 Å². The van der Waals surface area contributed by atoms with E-state index in [-0.39, 0.29) is 11.9 Å². The monoisotopic (exact) mass is 250 g/mol. The highest BCUT2D eigenvalue weighted by Gasteiger charge is 2.19. The molecule has 0 radical (unpaired) electrons. The Hall–Kier alpha value is -1.75. The van der Waals surface area contributed by atoms with E-state index < -0.39 is 0 Å². The van der Waals surface area contributed by atoms with Crippen molar-refractivity contribution in [3.05, 3.63) is 23.8 Å². The molecule has 1 aliphatic rings. The van der Waals surface area contributed by atoms with Crippen LogP contribution in [-0.4, -0.2) is 32.3 Å². The van der Waals surface area contributed by atoms with Gasteiger partial charge in [0.1, 0.15) is 5.75 Å². The first-order valence-electron chi connectivity index (χ1n) is 6.03. The molecule has 0 aliphatic carbocycles. The molecule has 3 N–H and O–H groups in total. The second kappa shape index (κ2) is 5.73. The van der Waals surface area contributed by atoms with Gasteiger partial charge in [-0.15, -0.1) is 0 Å². The number of nitrogens with one attached hydrogen (secondary N) is 1. The standard InChI is InChI=1S/C13H18N2O3/c1-17-11-4-2-3-10(12(11)14)13(16)15-9-5-7-18-8-6-9/h2-4,9H,5-8,14H2,1H3,(H,15,16). The van der Waals surface area contributed by atoms with Crippen LogP contribution >= 0.6 is 0 Å². The lowest BCUT2D eigenvalue weighted by Crippen LogP contribution is -2.39. The van der Waals surface area contributed by atoms with Crippen LogP contribution in [0.3, 0.4) is 0 Å². The number of para-hydroxylation sites is 1. The first-order valence-corrected chi connectivity index (χ1v) is 6.03. The van der Waals surface area contributed by atoms with E-state index in [0.29, 0.717) is 30.2 Å². The molecule has 1 amide bonds. The van der Waals surface area contributed by atoms with Crippen molar-refractivity contribution in [2.24, 2.45) is 0 Å². The molecule has 0 spiro atoms. The molecule has 5 nitrogen and oxygen atoms in total. The number of amides is 1. The van der Waals surface area contributed by atoms with Crippen molar-refractivity contribution in [3.63, 3.8) is 0 Å². The second-order valence-electron chi connectivity index (χ2n) is 4.28. The first-order chi connectivity index (χ1) is 8.72. The predicted molar refractivity (Wildman–Crippen MR) is 68.7 cm³/mol. The van der Waals surface area contributed by atoms with Gasteiger partial charge < -0.3 is 20.5 Å². The Bertz CT molecular complexity index is 428. The summed E-state index contributed by atoms with van der Waals surface area (Å²) < 4.78 is 10.4. The van der Waals surface area contributed by atoms with Crippen molar-refractivity contribution >= 4 is 11.6 Å². The van der Waals surface area contributed by atoms with Crippen molar-refractivity contribution < 1.29 is 14.3 Å². The van der Waals surface area contributed by atoms with Crippen LogP contribution in [0.15, 0.2) is 18.2 Å². The van der Waals surface area contributed by atoms with E-state index in [0.717, 1.165) is 12.8 Å². The lowest BCUT2D eigenvalue weighted by molar-refractivity contribution is 0.0697. The average Bonchev–Trinajstić information content (AvgIpc) is 2.40. The summed E-state index contributed by atoms with van der Waals surface area (Å²) >= 11 is 0. The lowest BCUT2D eigenvalue weighted by atomic mass is 10.1. The number of nitrogens with two attached hydrogens (primary N) is 1. The van der Waals surface area contributed by atoms with Crippen LogP contribution in [0.2, 0.25) is 0 Å². The zero-order valence-electron chi connectivity index (χ0n) is 10.4. The van der Waals surface area contributed by atoms with Crippen LogP contribution in [0, 0.1) is 0 Å². The van der Waals surface area contributed by atoms with Gasteiger partial charge in [-0.3, -0.25) is 4.79 Å². The first kappa shape index (κ1) is 12.7. The number of hydrogen-bond acceptors (Lipinski definition) is 4. The molecule has 0 bridgehead atoms. The molecule has 5 heteroatoms. The fourth-order valence-electron chi connectivity index (χ4n) is 2.03. The Kier molecular flexibility index (Phi) is 4.04. The van der Waals surface area contributed by atoms with Gasteiger partial charge in [0.2, 0.25) is 0 Å². The van der Waals surface area contributed by atoms with E-state index in [9.17, 15) is 4.79 Å². The third-order valence-corrected chi connectivity index (χ3v) is 3.09. The molecule has 1 fully saturated rings. The molecular formula is C13H18N2O3. The van der Waals surface area contributed by atoms with E-state index in [1.165, 1.54) is 7.11 Å². The van der Waals surface area contributed by atoms with Crippen LogP contribution < -0.4 is 15.8 Å². The SMILES string of the molecule is COc1cccc(C(=O)NC2CCOCC2)c1N. The Morgan fingerprint density at radius 1 is 1.44 bits per heavy atom. The highest BCUT2D eigenvalue weighted by atomic mass is 16.5. The minimum Gasteiger partial charge on any atom is -0.495 e. The van der Waals surface area contributed by atoms with E-state index >= 15 is 0 Å². The second-order valence-corrected chi connectivity index (χ2v) is 4.28. The molecular weight excluding hydrogens is 232 g/mol. The molecule has 98 valence electrons. The molecule has 1 aliphatic heterocycles. The van der Waals surface area contributed by atoms with Gasteiger partial charge in [-0.1, -0.05) is 6.07 Å². The minimum absolute atomic E-state index is 0.154. The summed E-state index contributed by atoms with van der Waals surface area (Å²) in [5.41, 5.74) is 6.73. The quantitative estimate of drug-likeness (QED) is 0.790. The fraction of sp³-hybridized carbons (Fsp3) is 0.462. The highest BCUT2D eigenvalue weighted by molar-refractivity contribution is 6.00. The van der Waals surface area contributed by atoms with E-state index in [4.69, 9.17) is 15.2 Å². The summed E-state index contributed by atoms with van der Waals surface area (Å²) in [6.45, 7) is 1.39. The molecule has 0 aromatic heterocycles. The van der Waals surface area contributed by atoms with Crippen LogP contribution in [0.5, 0.6) is 5.75 Å². The minimum atomic E-state index is -0.154. The molecule has 1 aromatic carbocycles. The summed E-state index contributed by atoms with van der Waals surface area (Å²) in [7, 11) is 1.53. The summed E-state index contributed by atoms with van der Waals surface area (Å²) in [6.07, 6.45) is 1.69. The predicted octanol–water partition coefficient (Wildman–Crippen LogP) is 1.19. The zero-order valence-corrected chi connectivity index (χ0v) is 10.4. The molecule has 0 unspecified atom stereocenters. The number of carbonyl (C=O) groups is 1. The van der Waals surface area contributed by atoms with Gasteiger partial charge in [0.15, 0.2) is 0 Å². The normalized spacial score (nSPS) is 16.3. The fourth-order valence-corrected chi connectivity index (χ4v) is 2.03. The molecule has 1 heterocycles. The molecule has 0 saturated carbocycles. The lowest BCUT2D eigenvalue weighted by Gasteiger charge is -2.23. The number of carbonyl (C=O) groups excluding carboxylic acids is 1. The topological polar surface area (TPSA) is 73.6 Å². The summed E-state index contributed by atoms with van der Waals surface area (Å²) in [4.78, 5) is 12.1. The largest absolute Gasteiger partial charge is 0.495 e. The number of methoxy groups -OCH3 is 1. The Labute approximate surface area is 106 Å². The van der Waals surface area contributed by atoms with E-state index in [1.54, 1.807) is 18.2 Å². The van der Waals surface area contributed by atoms with Gasteiger partial charge in [-0.2, -0.15) is 0 Å². The van der Waals surface area contributed by atoms with Crippen molar-refractivity contribution in [3.8, 4) is 5.75 Å². The van der Waals surface area contributed by atoms with Gasteiger partial charge in [-0.05, 0) is 25.0 Å². The molecule has 2 rings (SSSR count). The molecule has 0 atom stereocenters. The summed E-state index contributed by atoms with van der Waals surface area (Å²) in [6, 6.07) is 5.36. The number of benzene rings is 1. The van der Waals surface area contributed by atoms with E-state index in [2.05, 4.69) is 5.32 Å². The van der Waals surface area contributed by atoms with E-state index in [1.807, 2.05) is 0 Å². The van der Waals surface area contributed by atoms with Gasteiger partial charge in [0, 0.05) is 19.3 Å². The average molecular weight is 250 g/mol. The number of ether oxygens (including phenoxy) is 2. The third-order valence-electron chi connectivity index (χ3n) is 3.09. The number of hydrogen-bond donors (Lipinski definition) is 2. The van der Waals surface area contributed by atoms with Crippen molar-refractivity contribution in [1.82, 2.24) is 5.32 Å². The maximum atomic E-state index is 12.1. The molecule has 18 heavy (non-hydrogen) atoms. The van der Waals surface area contributed by atoms with Gasteiger partial charge in [-0.25, -0.2) is 0 Å². The third kappa shape index (κ3) is 2.73. The molecule has 1 aromatic rings. The summed E-state index contributed by atoms with van der Waals surface area (Å²) in [5, 5.41) is 2.97. The van der Waals surface area contributed by atoms with Crippen LogP contribution in [0.1, 0.15) is 23.2 Å². The van der Waals surface area contributed by atoms with Crippen molar-refractivity contribution in [2.45, 2.75) is 18.9 Å². The maximum Gasteiger partial charge on any atom is 0.253 e. The Balaban J connectivity index is 2.08. The molecule has 1 saturated heterocycles. The van der Waals surface area contributed by atoms with Crippen LogP contribution in [0.25, 0.3) is 0 Å². The van der Waals surface area contributed by atoms with Gasteiger partial charge >= 0.3 is 0 Å². The van der Waals surface area contributed by atoms with Crippen LogP contribution in [0.4, 0.5) is 5.69 Å². The van der Waals surface area contributed by atoms with Crippen molar-refractivity contribution in [1.29, 1.82) is 0 Å². The Morgan fingerprint density at radius 3 is 2.83 bits per heavy atom. The number of nitrogen functional groups attached to an aromatic ring is 1. The van der Waals surface area contributed by atoms with Crippen molar-refractivity contribution in [2.75, 3.05) is 26.1 Å². The smallest absolute Gasteiger partial charge is 0.253 e. The Morgan fingerprint density at radius 2 is 2.17 bits per heavy atom. The number of rotatable bonds is 3.